The molecule has 2 fully saturated rings. The molecule has 43 heteroatoms. The van der Waals surface area contributed by atoms with Gasteiger partial charge in [-0.2, -0.15) is 0 Å². The number of aliphatic hydroxyl groups is 1. The molecule has 2 aromatic heterocycles. The minimum Gasteiger partial charge on any atom is -0.495 e. The van der Waals surface area contributed by atoms with Crippen molar-refractivity contribution in [3.63, 3.8) is 0 Å². The highest BCUT2D eigenvalue weighted by atomic mass is 35.5. The molecule has 3 aliphatic heterocycles. The van der Waals surface area contributed by atoms with Gasteiger partial charge in [0, 0.05) is 90.7 Å². The number of primary sulfonamides is 1. The number of nitrogens with zero attached hydrogens (tertiary/aromatic N) is 8. The number of fused-ring (bicyclic) bond motifs is 5. The fourth-order valence-electron chi connectivity index (χ4n) is 11.9. The molecule has 6 amide bonds. The van der Waals surface area contributed by atoms with Crippen molar-refractivity contribution in [1.29, 1.82) is 0 Å². The molecule has 2 saturated heterocycles. The number of sulfonamides is 1. The lowest BCUT2D eigenvalue weighted by Gasteiger charge is -2.42. The van der Waals surface area contributed by atoms with E-state index in [0.717, 1.165) is 37.6 Å². The SMILES string of the molecule is COc1cc2cc(c1Cl)N(C)C(=O)C[C@@H](OC(=O)[C@@H](C)N(C)C(=O)CCSSC[C@H](NC(=O)[C@H](COC=O)CC(=O)[C@@H](CCCN=C(N)N)NC(=O)C(COC=O)CC(=O)CCCCn1cc(CCCC(=O)Nc3nnc(S(N)(=O)=O)s3)nn1)OC=O)[C@]1(C)O[C@@H]1[C@@H](C)[C@H]1C[C@](O)(NC(=O)O1)[C@@H](OC)/C=C/C=C(\C)C2. The number of anilines is 2. The lowest BCUT2D eigenvalue weighted by atomic mass is 9.83. The number of nitrogens with two attached hydrogens (primary N) is 3. The van der Waals surface area contributed by atoms with Crippen LogP contribution in [0.4, 0.5) is 15.6 Å². The maximum Gasteiger partial charge on any atom is 0.409 e. The van der Waals surface area contributed by atoms with Gasteiger partial charge < -0.3 is 80.2 Å². The van der Waals surface area contributed by atoms with Gasteiger partial charge in [0.2, 0.25) is 39.0 Å². The molecule has 4 bridgehead atoms. The van der Waals surface area contributed by atoms with E-state index in [1.807, 2.05) is 6.92 Å². The Morgan fingerprint density at radius 3 is 2.34 bits per heavy atom. The van der Waals surface area contributed by atoms with Crippen molar-refractivity contribution < 1.29 is 109 Å². The number of hydrogen-bond acceptors (Lipinski definition) is 31. The molecule has 1 aromatic carbocycles. The molecule has 11 N–H and O–H groups in total. The van der Waals surface area contributed by atoms with Gasteiger partial charge in [-0.05, 0) is 83.4 Å². The number of nitrogens with one attached hydrogen (secondary N) is 4. The number of rotatable bonds is 43. The maximum atomic E-state index is 14.5. The molecule has 5 heterocycles. The average molecular weight is 1640 g/mol. The second kappa shape index (κ2) is 43.1. The van der Waals surface area contributed by atoms with Crippen molar-refractivity contribution in [1.82, 2.24) is 46.0 Å². The maximum absolute atomic E-state index is 14.5. The van der Waals surface area contributed by atoms with Gasteiger partial charge in [0.05, 0.1) is 54.6 Å². The Morgan fingerprint density at radius 1 is 0.964 bits per heavy atom. The predicted octanol–water partition coefficient (Wildman–Crippen LogP) is 1.86. The van der Waals surface area contributed by atoms with Crippen molar-refractivity contribution in [3.8, 4) is 5.75 Å². The van der Waals surface area contributed by atoms with Crippen LogP contribution in [0.15, 0.2) is 51.5 Å². The number of amides is 6. The number of aliphatic imine (C=N–C) groups is 1. The number of halogens is 1. The van der Waals surface area contributed by atoms with Crippen LogP contribution in [0, 0.1) is 17.8 Å². The number of guanidine groups is 1. The molecular formula is C67H94ClN15O23S4. The first-order chi connectivity index (χ1) is 52.2. The van der Waals surface area contributed by atoms with E-state index >= 15 is 0 Å². The van der Waals surface area contributed by atoms with E-state index in [9.17, 15) is 71.1 Å². The number of benzene rings is 1. The molecule has 0 radical (unpaired) electrons. The number of ketones is 2. The van der Waals surface area contributed by atoms with Gasteiger partial charge in [-0.3, -0.25) is 62.9 Å². The topological polar surface area (TPSA) is 538 Å². The van der Waals surface area contributed by atoms with Crippen molar-refractivity contribution >= 4 is 144 Å². The van der Waals surface area contributed by atoms with E-state index in [2.05, 4.69) is 46.8 Å². The number of aromatic nitrogens is 5. The first-order valence-corrected chi connectivity index (χ1v) is 39.9. The van der Waals surface area contributed by atoms with E-state index in [0.29, 0.717) is 61.4 Å². The van der Waals surface area contributed by atoms with Crippen LogP contribution >= 0.6 is 44.5 Å². The van der Waals surface area contributed by atoms with Gasteiger partial charge in [-0.1, -0.05) is 80.5 Å². The van der Waals surface area contributed by atoms with Gasteiger partial charge in [-0.15, -0.1) is 15.3 Å². The molecular weight excluding hydrogens is 1550 g/mol. The summed E-state index contributed by atoms with van der Waals surface area (Å²) in [7, 11) is 3.83. The fourth-order valence-corrected chi connectivity index (χ4v) is 15.6. The number of methoxy groups -OCH3 is 2. The number of epoxide rings is 1. The van der Waals surface area contributed by atoms with Crippen molar-refractivity contribution in [2.24, 2.45) is 39.4 Å². The molecule has 0 saturated carbocycles. The molecule has 6 rings (SSSR count). The van der Waals surface area contributed by atoms with Gasteiger partial charge >= 0.3 is 12.1 Å². The normalized spacial score (nSPS) is 22.0. The molecule has 3 aliphatic rings. The minimum atomic E-state index is -4.07. The largest absolute Gasteiger partial charge is 0.495 e. The Kier molecular flexibility index (Phi) is 35.2. The summed E-state index contributed by atoms with van der Waals surface area (Å²) in [5.74, 6) is -8.69. The monoisotopic (exact) mass is 1640 g/mol. The minimum absolute atomic E-state index is 0.00121. The highest BCUT2D eigenvalue weighted by Crippen LogP contribution is 2.49. The highest BCUT2D eigenvalue weighted by molar-refractivity contribution is 8.76. The summed E-state index contributed by atoms with van der Waals surface area (Å²) in [4.78, 5) is 164. The Bertz CT molecular complexity index is 3960. The second-order valence-electron chi connectivity index (χ2n) is 26.4. The van der Waals surface area contributed by atoms with Crippen LogP contribution in [-0.2, 0) is 115 Å². The zero-order valence-corrected chi connectivity index (χ0v) is 65.9. The average Bonchev–Trinajstić information content (AvgIpc) is 1.57. The summed E-state index contributed by atoms with van der Waals surface area (Å²) in [6, 6.07) is 0.853. The van der Waals surface area contributed by atoms with Crippen LogP contribution in [0.3, 0.4) is 0 Å². The van der Waals surface area contributed by atoms with Crippen molar-refractivity contribution in [2.45, 2.75) is 183 Å². The molecule has 0 aliphatic carbocycles. The van der Waals surface area contributed by atoms with Crippen LogP contribution in [0.5, 0.6) is 5.75 Å². The van der Waals surface area contributed by atoms with E-state index in [1.165, 1.54) is 40.1 Å². The van der Waals surface area contributed by atoms with Gasteiger partial charge in [0.15, 0.2) is 23.7 Å². The third kappa shape index (κ3) is 27.2. The lowest BCUT2D eigenvalue weighted by Crippen LogP contribution is -2.63. The van der Waals surface area contributed by atoms with Crippen molar-refractivity contribution in [3.05, 3.63) is 58.4 Å². The summed E-state index contributed by atoms with van der Waals surface area (Å²) in [6.07, 6.45) is 0.461. The zero-order chi connectivity index (χ0) is 81.0. The third-order valence-corrected chi connectivity index (χ3v) is 23.1. The van der Waals surface area contributed by atoms with E-state index in [1.54, 1.807) is 55.1 Å². The summed E-state index contributed by atoms with van der Waals surface area (Å²) >= 11 is 7.46. The predicted molar refractivity (Wildman–Crippen MR) is 398 cm³/mol. The number of unbranched alkanes of at least 4 members (excludes halogenated alkanes) is 1. The van der Waals surface area contributed by atoms with E-state index in [-0.39, 0.29) is 104 Å². The smallest absolute Gasteiger partial charge is 0.409 e. The van der Waals surface area contributed by atoms with Gasteiger partial charge in [-0.25, -0.2) is 23.1 Å². The standard InChI is InChI=1S/C67H94ClN15O23S4/c1-38-14-11-18-51(100-8)67(96)30-50(104-64(95)76-67)39(2)58-66(4,106-58)52(29-56(91)82(6)47-25-41(24-38)26-49(99-7)57(47)68)105-61(94)40(3)81(5)55(90)20-23-107-108-34-54(103-37-86)75-60(93)43(33-102-36-85)28-48(88)46(17-13-21-72-62(69)70)73-59(92)42(32-101-35-84)27-45(87)16-9-10-22-83-31-44(77-80-83)15-12-19-53(89)74-63-78-79-65(109-63)110(71,97)98/h11,14,18,25-26,31,35-37,39-40,42-43,46,50-52,54,58,96H,9-10,12-13,15-17,19-24,27-30,32-34H2,1-8H3,(H,73,92)(H,75,93)(H,76,95)(H4,69,70,72)(H2,71,97,98)(H,74,78,89)/b18-11+,38-14+/t39-,40+,42?,43-,46+,50+,51-,52+,54+,58+,66-,67+/m0/s1. The van der Waals surface area contributed by atoms with Crippen LogP contribution in [-0.4, -0.2) is 236 Å². The molecule has 12 atom stereocenters. The van der Waals surface area contributed by atoms with Crippen LogP contribution in [0.25, 0.3) is 0 Å². The zero-order valence-electron chi connectivity index (χ0n) is 61.9. The number of aryl methyl sites for hydroxylation is 2. The summed E-state index contributed by atoms with van der Waals surface area (Å²) in [6.45, 7) is 6.01. The number of carbonyl (C=O) groups excluding carboxylic acids is 12. The number of ether oxygens (including phenoxy) is 8. The van der Waals surface area contributed by atoms with Crippen LogP contribution < -0.4 is 47.5 Å². The number of likely N-dealkylation sites (N-methyl/N-ethyl adjacent to an activating group) is 1. The number of hydrogen-bond donors (Lipinski definition) is 8. The van der Waals surface area contributed by atoms with Gasteiger partial charge in [0.25, 0.3) is 29.4 Å². The molecule has 38 nitrogen and oxygen atoms in total. The number of Topliss-reactive ketones (excluding diaryl/α,β-unsaturated/α-hetero) is 2. The molecule has 606 valence electrons. The first kappa shape index (κ1) is 90.0. The Morgan fingerprint density at radius 2 is 1.67 bits per heavy atom. The first-order valence-electron chi connectivity index (χ1n) is 34.7. The summed E-state index contributed by atoms with van der Waals surface area (Å²) in [5, 5.41) is 42.4. The Balaban J connectivity index is 1.02. The third-order valence-electron chi connectivity index (χ3n) is 18.2. The van der Waals surface area contributed by atoms with E-state index < -0.39 is 166 Å². The molecule has 3 aromatic rings. The summed E-state index contributed by atoms with van der Waals surface area (Å²) in [5.41, 5.74) is 10.1. The Labute approximate surface area is 651 Å². The van der Waals surface area contributed by atoms with Crippen LogP contribution in [0.2, 0.25) is 5.02 Å². The fraction of sp³-hybridized carbons (Fsp3) is 0.597. The molecule has 0 spiro atoms. The highest BCUT2D eigenvalue weighted by Gasteiger charge is 2.64. The Hall–Kier alpha value is -8.91. The molecule has 1 unspecified atom stereocenters. The van der Waals surface area contributed by atoms with Crippen molar-refractivity contribution in [2.75, 3.05) is 69.8 Å². The number of alkyl carbamates (subject to hydrolysis) is 1. The lowest BCUT2D eigenvalue weighted by molar-refractivity contribution is -0.162. The number of allylic oxidation sites excluding steroid dienone is 3. The van der Waals surface area contributed by atoms with Crippen LogP contribution in [0.1, 0.15) is 116 Å². The summed E-state index contributed by atoms with van der Waals surface area (Å²) < 4.78 is 68.5. The second-order valence-corrected chi connectivity index (χ2v) is 32.1. The number of esters is 1. The van der Waals surface area contributed by atoms with Gasteiger partial charge in [0.1, 0.15) is 59.7 Å². The quantitative estimate of drug-likeness (QED) is 0.00383. The molecule has 110 heavy (non-hydrogen) atoms. The number of carbonyl (C=O) groups is 12. The van der Waals surface area contributed by atoms with E-state index in [4.69, 9.17) is 66.1 Å².